The summed E-state index contributed by atoms with van der Waals surface area (Å²) in [4.78, 5) is 0. The molecule has 1 rings (SSSR count). The Balaban J connectivity index is 3.02. The zero-order chi connectivity index (χ0) is 5.11. The summed E-state index contributed by atoms with van der Waals surface area (Å²) in [5.74, 6) is -0.664. The highest BCUT2D eigenvalue weighted by Gasteiger charge is 1.81. The van der Waals surface area contributed by atoms with E-state index < -0.39 is 5.95 Å². The average Bonchev–Trinajstić information content (AvgIpc) is 1.69. The van der Waals surface area contributed by atoms with E-state index in [1.54, 1.807) is 0 Å². The first-order chi connectivity index (χ1) is 3.39. The number of rotatable bonds is 0. The SMILES string of the molecule is Fc1[c]ccnn1. The van der Waals surface area contributed by atoms with Crippen molar-refractivity contribution in [2.45, 2.75) is 0 Å². The first kappa shape index (κ1) is 4.18. The van der Waals surface area contributed by atoms with E-state index in [0.717, 1.165) is 0 Å². The third-order valence-corrected chi connectivity index (χ3v) is 0.489. The van der Waals surface area contributed by atoms with Gasteiger partial charge in [-0.25, -0.2) is 0 Å². The molecule has 0 fully saturated rings. The zero-order valence-electron chi connectivity index (χ0n) is 3.43. The molecule has 0 saturated carbocycles. The number of hydrogen-bond acceptors (Lipinski definition) is 2. The second-order valence-electron chi connectivity index (χ2n) is 0.966. The van der Waals surface area contributed by atoms with Crippen LogP contribution in [0.2, 0.25) is 0 Å². The Morgan fingerprint density at radius 1 is 1.71 bits per heavy atom. The van der Waals surface area contributed by atoms with Crippen LogP contribution in [0.25, 0.3) is 0 Å². The summed E-state index contributed by atoms with van der Waals surface area (Å²) in [7, 11) is 0. The van der Waals surface area contributed by atoms with Gasteiger partial charge in [-0.2, -0.15) is 9.49 Å². The summed E-state index contributed by atoms with van der Waals surface area (Å²) >= 11 is 0. The molecular formula is C4H2FN2. The van der Waals surface area contributed by atoms with Crippen molar-refractivity contribution in [2.24, 2.45) is 0 Å². The monoisotopic (exact) mass is 97.0 g/mol. The first-order valence-electron chi connectivity index (χ1n) is 1.74. The lowest BCUT2D eigenvalue weighted by molar-refractivity contribution is 0.561. The van der Waals surface area contributed by atoms with Gasteiger partial charge in [0.1, 0.15) is 0 Å². The van der Waals surface area contributed by atoms with Crippen LogP contribution < -0.4 is 0 Å². The van der Waals surface area contributed by atoms with E-state index >= 15 is 0 Å². The fourth-order valence-corrected chi connectivity index (χ4v) is 0.252. The minimum Gasteiger partial charge on any atom is -0.182 e. The van der Waals surface area contributed by atoms with Crippen LogP contribution in [0, 0.1) is 12.0 Å². The molecule has 0 N–H and O–H groups in total. The first-order valence-corrected chi connectivity index (χ1v) is 1.74. The van der Waals surface area contributed by atoms with Crippen LogP contribution >= 0.6 is 0 Å². The highest BCUT2D eigenvalue weighted by molar-refractivity contribution is 4.80. The van der Waals surface area contributed by atoms with Gasteiger partial charge < -0.3 is 0 Å². The van der Waals surface area contributed by atoms with Gasteiger partial charge in [-0.1, -0.05) is 0 Å². The Labute approximate surface area is 40.0 Å². The Bertz CT molecular complexity index is 140. The topological polar surface area (TPSA) is 25.8 Å². The standard InChI is InChI=1S/C4H2FN2/c5-4-2-1-3-6-7-4/h1,3H. The van der Waals surface area contributed by atoms with E-state index in [1.165, 1.54) is 12.3 Å². The molecule has 0 saturated heterocycles. The second-order valence-corrected chi connectivity index (χ2v) is 0.966. The fraction of sp³-hybridized carbons (Fsp3) is 0. The van der Waals surface area contributed by atoms with Crippen LogP contribution in [0.3, 0.4) is 0 Å². The summed E-state index contributed by atoms with van der Waals surface area (Å²) < 4.78 is 11.7. The lowest BCUT2D eigenvalue weighted by atomic mass is 10.6. The number of nitrogens with zero attached hydrogens (tertiary/aromatic N) is 2. The van der Waals surface area contributed by atoms with Crippen molar-refractivity contribution < 1.29 is 4.39 Å². The normalized spacial score (nSPS) is 8.71. The highest BCUT2D eigenvalue weighted by atomic mass is 19.1. The van der Waals surface area contributed by atoms with Crippen molar-refractivity contribution >= 4 is 0 Å². The van der Waals surface area contributed by atoms with Gasteiger partial charge in [-0.15, -0.1) is 5.10 Å². The van der Waals surface area contributed by atoms with Gasteiger partial charge in [0.25, 0.3) is 0 Å². The summed E-state index contributed by atoms with van der Waals surface area (Å²) in [5, 5.41) is 6.23. The Hall–Kier alpha value is -0.990. The molecule has 0 aliphatic carbocycles. The van der Waals surface area contributed by atoms with Crippen molar-refractivity contribution in [1.82, 2.24) is 10.2 Å². The Morgan fingerprint density at radius 3 is 2.86 bits per heavy atom. The summed E-state index contributed by atoms with van der Waals surface area (Å²) in [5.41, 5.74) is 0. The van der Waals surface area contributed by atoms with Gasteiger partial charge in [0.15, 0.2) is 0 Å². The summed E-state index contributed by atoms with van der Waals surface area (Å²) in [6.45, 7) is 0. The maximum Gasteiger partial charge on any atom is 0.241 e. The molecule has 0 aliphatic rings. The van der Waals surface area contributed by atoms with Crippen LogP contribution in [0.5, 0.6) is 0 Å². The molecule has 1 heterocycles. The molecule has 0 amide bonds. The van der Waals surface area contributed by atoms with Crippen LogP contribution in [-0.2, 0) is 0 Å². The van der Waals surface area contributed by atoms with Crippen LogP contribution in [0.15, 0.2) is 12.3 Å². The summed E-state index contributed by atoms with van der Waals surface area (Å²) in [6.07, 6.45) is 1.36. The van der Waals surface area contributed by atoms with Gasteiger partial charge >= 0.3 is 0 Å². The molecule has 1 radical (unpaired) electrons. The molecule has 1 aromatic heterocycles. The zero-order valence-corrected chi connectivity index (χ0v) is 3.43. The van der Waals surface area contributed by atoms with Crippen molar-refractivity contribution in [2.75, 3.05) is 0 Å². The Kier molecular flexibility index (Phi) is 0.978. The van der Waals surface area contributed by atoms with Crippen molar-refractivity contribution in [3.8, 4) is 0 Å². The van der Waals surface area contributed by atoms with Crippen molar-refractivity contribution in [1.29, 1.82) is 0 Å². The maximum atomic E-state index is 11.7. The molecule has 0 atom stereocenters. The van der Waals surface area contributed by atoms with E-state index in [9.17, 15) is 4.39 Å². The van der Waals surface area contributed by atoms with E-state index in [0.29, 0.717) is 0 Å². The van der Waals surface area contributed by atoms with Gasteiger partial charge in [-0.05, 0) is 6.07 Å². The third-order valence-electron chi connectivity index (χ3n) is 0.489. The lowest BCUT2D eigenvalue weighted by Crippen LogP contribution is -1.81. The second kappa shape index (κ2) is 1.64. The van der Waals surface area contributed by atoms with Crippen LogP contribution in [-0.4, -0.2) is 10.2 Å². The van der Waals surface area contributed by atoms with Crippen molar-refractivity contribution in [3.05, 3.63) is 24.3 Å². The van der Waals surface area contributed by atoms with Crippen molar-refractivity contribution in [3.63, 3.8) is 0 Å². The van der Waals surface area contributed by atoms with E-state index in [-0.39, 0.29) is 0 Å². The molecule has 0 aliphatic heterocycles. The molecule has 1 aromatic rings. The number of aromatic nitrogens is 2. The van der Waals surface area contributed by atoms with Gasteiger partial charge in [0, 0.05) is 6.07 Å². The van der Waals surface area contributed by atoms with Gasteiger partial charge in [0.2, 0.25) is 5.95 Å². The third kappa shape index (κ3) is 0.924. The minimum atomic E-state index is -0.664. The van der Waals surface area contributed by atoms with Crippen LogP contribution in [0.4, 0.5) is 4.39 Å². The number of halogens is 1. The molecular weight excluding hydrogens is 95.1 g/mol. The molecule has 0 aromatic carbocycles. The molecule has 35 valence electrons. The fourth-order valence-electron chi connectivity index (χ4n) is 0.252. The molecule has 7 heavy (non-hydrogen) atoms. The predicted molar refractivity (Wildman–Crippen MR) is 20.8 cm³/mol. The van der Waals surface area contributed by atoms with E-state index in [4.69, 9.17) is 0 Å². The molecule has 0 spiro atoms. The maximum absolute atomic E-state index is 11.7. The average molecular weight is 97.1 g/mol. The molecule has 2 nitrogen and oxygen atoms in total. The molecule has 3 heteroatoms. The Morgan fingerprint density at radius 2 is 2.57 bits per heavy atom. The molecule has 0 unspecified atom stereocenters. The van der Waals surface area contributed by atoms with Gasteiger partial charge in [0.05, 0.1) is 6.20 Å². The molecule has 0 bridgehead atoms. The minimum absolute atomic E-state index is 0.664. The smallest absolute Gasteiger partial charge is 0.182 e. The highest BCUT2D eigenvalue weighted by Crippen LogP contribution is 1.81. The lowest BCUT2D eigenvalue weighted by Gasteiger charge is -1.75. The van der Waals surface area contributed by atoms with E-state index in [1.807, 2.05) is 0 Å². The summed E-state index contributed by atoms with van der Waals surface area (Å²) in [6, 6.07) is 3.55. The number of hydrogen-bond donors (Lipinski definition) is 0. The predicted octanol–water partition coefficient (Wildman–Crippen LogP) is 0.416. The largest absolute Gasteiger partial charge is 0.241 e. The van der Waals surface area contributed by atoms with E-state index in [2.05, 4.69) is 16.3 Å². The van der Waals surface area contributed by atoms with Crippen LogP contribution in [0.1, 0.15) is 0 Å². The quantitative estimate of drug-likeness (QED) is 0.468. The van der Waals surface area contributed by atoms with Gasteiger partial charge in [-0.3, -0.25) is 0 Å².